The largest absolute Gasteiger partial charge is 0.383 e. The molecule has 1 heterocycles. The topological polar surface area (TPSA) is 99.4 Å². The number of thiazole rings is 1. The standard InChI is InChI=1S/C23H28FN3O6S2/c1-31-14-11-26(12-15-32-2)35(29,30)18-9-7-17(8-10-18)22(28)25-23-27(13-16-33-3)21-19(24)5-4-6-20(21)34-23/h4-10H,11-16H2,1-3H3. The number of carbonyl (C=O) groups is 1. The lowest BCUT2D eigenvalue weighted by Crippen LogP contribution is -2.36. The lowest BCUT2D eigenvalue weighted by Gasteiger charge is -2.21. The smallest absolute Gasteiger partial charge is 0.279 e. The number of nitrogens with zero attached hydrogens (tertiary/aromatic N) is 3. The number of hydrogen-bond acceptors (Lipinski definition) is 7. The Balaban J connectivity index is 1.92. The van der Waals surface area contributed by atoms with E-state index in [1.165, 1.54) is 67.3 Å². The first-order chi connectivity index (χ1) is 16.8. The van der Waals surface area contributed by atoms with Gasteiger partial charge in [0, 0.05) is 46.5 Å². The van der Waals surface area contributed by atoms with E-state index in [4.69, 9.17) is 14.2 Å². The number of carbonyl (C=O) groups excluding carboxylic acids is 1. The number of amides is 1. The number of ether oxygens (including phenoxy) is 3. The van der Waals surface area contributed by atoms with Gasteiger partial charge in [-0.05, 0) is 36.4 Å². The summed E-state index contributed by atoms with van der Waals surface area (Å²) in [5, 5.41) is 0. The predicted molar refractivity (Wildman–Crippen MR) is 130 cm³/mol. The Hall–Kier alpha value is -2.48. The second kappa shape index (κ2) is 12.5. The molecule has 9 nitrogen and oxygen atoms in total. The van der Waals surface area contributed by atoms with Crippen LogP contribution in [0.2, 0.25) is 0 Å². The molecule has 3 aromatic rings. The highest BCUT2D eigenvalue weighted by molar-refractivity contribution is 7.89. The van der Waals surface area contributed by atoms with Crippen LogP contribution in [0.25, 0.3) is 10.2 Å². The van der Waals surface area contributed by atoms with E-state index in [1.807, 2.05) is 0 Å². The van der Waals surface area contributed by atoms with Crippen LogP contribution in [0.5, 0.6) is 0 Å². The molecule has 1 aromatic heterocycles. The highest BCUT2D eigenvalue weighted by Crippen LogP contribution is 2.21. The van der Waals surface area contributed by atoms with Gasteiger partial charge in [-0.1, -0.05) is 17.4 Å². The maximum Gasteiger partial charge on any atom is 0.279 e. The fraction of sp³-hybridized carbons (Fsp3) is 0.391. The van der Waals surface area contributed by atoms with Crippen molar-refractivity contribution < 1.29 is 31.8 Å². The number of halogens is 1. The first-order valence-corrected chi connectivity index (χ1v) is 13.0. The molecule has 0 aliphatic rings. The van der Waals surface area contributed by atoms with Crippen LogP contribution in [0, 0.1) is 5.82 Å². The molecule has 0 spiro atoms. The molecule has 12 heteroatoms. The minimum Gasteiger partial charge on any atom is -0.383 e. The molecule has 0 fully saturated rings. The monoisotopic (exact) mass is 525 g/mol. The second-order valence-electron chi connectivity index (χ2n) is 7.45. The van der Waals surface area contributed by atoms with Crippen molar-refractivity contribution >= 4 is 37.5 Å². The number of sulfonamides is 1. The molecule has 0 radical (unpaired) electrons. The maximum atomic E-state index is 14.5. The number of rotatable bonds is 12. The molecule has 3 rings (SSSR count). The molecule has 1 amide bonds. The summed E-state index contributed by atoms with van der Waals surface area (Å²) < 4.78 is 59.3. The van der Waals surface area contributed by atoms with E-state index in [0.29, 0.717) is 28.2 Å². The second-order valence-corrected chi connectivity index (χ2v) is 10.4. The van der Waals surface area contributed by atoms with Crippen LogP contribution in [-0.4, -0.2) is 77.4 Å². The molecule has 0 N–H and O–H groups in total. The molecule has 0 unspecified atom stereocenters. The highest BCUT2D eigenvalue weighted by atomic mass is 32.2. The van der Waals surface area contributed by atoms with Gasteiger partial charge < -0.3 is 18.8 Å². The van der Waals surface area contributed by atoms with E-state index in [0.717, 1.165) is 0 Å². The van der Waals surface area contributed by atoms with E-state index in [1.54, 1.807) is 16.7 Å². The fourth-order valence-corrected chi connectivity index (χ4v) is 5.85. The molecule has 190 valence electrons. The third-order valence-electron chi connectivity index (χ3n) is 5.20. The number of para-hydroxylation sites is 1. The van der Waals surface area contributed by atoms with Gasteiger partial charge in [-0.15, -0.1) is 0 Å². The van der Waals surface area contributed by atoms with Gasteiger partial charge in [0.05, 0.1) is 34.9 Å². The third kappa shape index (κ3) is 6.40. The lowest BCUT2D eigenvalue weighted by atomic mass is 10.2. The number of benzene rings is 2. The first-order valence-electron chi connectivity index (χ1n) is 10.8. The van der Waals surface area contributed by atoms with Crippen molar-refractivity contribution in [2.75, 3.05) is 54.2 Å². The molecule has 2 aromatic carbocycles. The van der Waals surface area contributed by atoms with Crippen LogP contribution in [0.1, 0.15) is 10.4 Å². The van der Waals surface area contributed by atoms with Crippen molar-refractivity contribution in [2.45, 2.75) is 11.4 Å². The van der Waals surface area contributed by atoms with Gasteiger partial charge in [-0.2, -0.15) is 9.30 Å². The van der Waals surface area contributed by atoms with Crippen LogP contribution in [0.4, 0.5) is 4.39 Å². The molecule has 0 atom stereocenters. The van der Waals surface area contributed by atoms with E-state index < -0.39 is 21.7 Å². The normalized spacial score (nSPS) is 12.7. The van der Waals surface area contributed by atoms with Gasteiger partial charge in [0.25, 0.3) is 5.91 Å². The molecular weight excluding hydrogens is 497 g/mol. The molecule has 0 saturated carbocycles. The summed E-state index contributed by atoms with van der Waals surface area (Å²) in [5.41, 5.74) is 0.565. The summed E-state index contributed by atoms with van der Waals surface area (Å²) in [7, 11) is 0.714. The number of hydrogen-bond donors (Lipinski definition) is 0. The quantitative estimate of drug-likeness (QED) is 0.360. The fourth-order valence-electron chi connectivity index (χ4n) is 3.37. The minimum absolute atomic E-state index is 0.0420. The van der Waals surface area contributed by atoms with Gasteiger partial charge in [0.2, 0.25) is 10.0 Å². The van der Waals surface area contributed by atoms with Crippen molar-refractivity contribution in [2.24, 2.45) is 4.99 Å². The molecule has 0 bridgehead atoms. The number of aromatic nitrogens is 1. The van der Waals surface area contributed by atoms with Crippen molar-refractivity contribution in [3.05, 3.63) is 58.6 Å². The van der Waals surface area contributed by atoms with Gasteiger partial charge >= 0.3 is 0 Å². The molecule has 0 aliphatic heterocycles. The van der Waals surface area contributed by atoms with Crippen molar-refractivity contribution in [1.29, 1.82) is 0 Å². The number of methoxy groups -OCH3 is 3. The predicted octanol–water partition coefficient (Wildman–Crippen LogP) is 2.51. The van der Waals surface area contributed by atoms with E-state index >= 15 is 0 Å². The van der Waals surface area contributed by atoms with Crippen molar-refractivity contribution in [3.63, 3.8) is 0 Å². The van der Waals surface area contributed by atoms with Crippen LogP contribution >= 0.6 is 11.3 Å². The number of fused-ring (bicyclic) bond motifs is 1. The average Bonchev–Trinajstić information content (AvgIpc) is 3.20. The summed E-state index contributed by atoms with van der Waals surface area (Å²) in [6.45, 7) is 1.44. The molecular formula is C23H28FN3O6S2. The Labute approximate surface area is 207 Å². The van der Waals surface area contributed by atoms with Crippen LogP contribution in [0.15, 0.2) is 52.4 Å². The molecule has 35 heavy (non-hydrogen) atoms. The van der Waals surface area contributed by atoms with Crippen molar-refractivity contribution in [1.82, 2.24) is 8.87 Å². The van der Waals surface area contributed by atoms with E-state index in [2.05, 4.69) is 4.99 Å². The summed E-state index contributed by atoms with van der Waals surface area (Å²) >= 11 is 1.19. The zero-order valence-corrected chi connectivity index (χ0v) is 21.4. The van der Waals surface area contributed by atoms with Crippen molar-refractivity contribution in [3.8, 4) is 0 Å². The molecule has 0 saturated heterocycles. The van der Waals surface area contributed by atoms with Gasteiger partial charge in [-0.25, -0.2) is 12.8 Å². The highest BCUT2D eigenvalue weighted by Gasteiger charge is 2.24. The van der Waals surface area contributed by atoms with Gasteiger partial charge in [0.1, 0.15) is 5.82 Å². The van der Waals surface area contributed by atoms with E-state index in [-0.39, 0.29) is 36.8 Å². The Morgan fingerprint density at radius 3 is 2.23 bits per heavy atom. The SMILES string of the molecule is COCCN(CCOC)S(=O)(=O)c1ccc(C(=O)N=c2sc3cccc(F)c3n2CCOC)cc1. The van der Waals surface area contributed by atoms with Crippen LogP contribution in [-0.2, 0) is 30.8 Å². The average molecular weight is 526 g/mol. The van der Waals surface area contributed by atoms with E-state index in [9.17, 15) is 17.6 Å². The lowest BCUT2D eigenvalue weighted by molar-refractivity contribution is 0.0997. The van der Waals surface area contributed by atoms with Gasteiger partial charge in [0.15, 0.2) is 4.80 Å². The zero-order chi connectivity index (χ0) is 25.4. The molecule has 0 aliphatic carbocycles. The Morgan fingerprint density at radius 2 is 1.63 bits per heavy atom. The van der Waals surface area contributed by atoms with Crippen LogP contribution in [0.3, 0.4) is 0 Å². The van der Waals surface area contributed by atoms with Gasteiger partial charge in [-0.3, -0.25) is 4.79 Å². The van der Waals surface area contributed by atoms with Crippen LogP contribution < -0.4 is 4.80 Å². The Bertz CT molecular complexity index is 1310. The summed E-state index contributed by atoms with van der Waals surface area (Å²) in [6, 6.07) is 10.3. The summed E-state index contributed by atoms with van der Waals surface area (Å²) in [4.78, 5) is 17.5. The summed E-state index contributed by atoms with van der Waals surface area (Å²) in [6.07, 6.45) is 0. The Kier molecular flexibility index (Phi) is 9.66. The first kappa shape index (κ1) is 27.1. The maximum absolute atomic E-state index is 14.5. The Morgan fingerprint density at radius 1 is 1.00 bits per heavy atom. The zero-order valence-electron chi connectivity index (χ0n) is 19.8. The minimum atomic E-state index is -3.81. The summed E-state index contributed by atoms with van der Waals surface area (Å²) in [5.74, 6) is -0.979. The third-order valence-corrected chi connectivity index (χ3v) is 8.15.